The molecule has 3 aromatic heterocycles. The summed E-state index contributed by atoms with van der Waals surface area (Å²) in [7, 11) is 0. The van der Waals surface area contributed by atoms with Crippen LogP contribution in [0.5, 0.6) is 0 Å². The predicted octanol–water partition coefficient (Wildman–Crippen LogP) is 3.19. The molecule has 4 rings (SSSR count). The highest BCUT2D eigenvalue weighted by molar-refractivity contribution is 5.92. The van der Waals surface area contributed by atoms with Gasteiger partial charge < -0.3 is 9.84 Å². The van der Waals surface area contributed by atoms with Crippen LogP contribution >= 0.6 is 0 Å². The monoisotopic (exact) mass is 351 g/mol. The van der Waals surface area contributed by atoms with E-state index >= 15 is 0 Å². The first-order chi connectivity index (χ1) is 12.6. The van der Waals surface area contributed by atoms with Crippen molar-refractivity contribution in [2.75, 3.05) is 0 Å². The standard InChI is InChI=1S/C19H21N5O2/c1-12(2)18-10-16(23-26-18)19(25)22-15-4-3-5-17-14(15)11-21-24(17)13-6-8-20-9-7-13/h6-12,15H,3-5H2,1-2H3,(H,22,25). The molecule has 3 heterocycles. The highest BCUT2D eigenvalue weighted by Crippen LogP contribution is 2.31. The summed E-state index contributed by atoms with van der Waals surface area (Å²) in [6, 6.07) is 5.50. The molecule has 3 aromatic rings. The quantitative estimate of drug-likeness (QED) is 0.780. The molecule has 1 aliphatic rings. The second-order valence-electron chi connectivity index (χ2n) is 6.85. The number of amides is 1. The van der Waals surface area contributed by atoms with Crippen LogP contribution in [-0.4, -0.2) is 25.8 Å². The molecular weight excluding hydrogens is 330 g/mol. The van der Waals surface area contributed by atoms with E-state index in [0.29, 0.717) is 11.5 Å². The summed E-state index contributed by atoms with van der Waals surface area (Å²) in [5.41, 5.74) is 3.50. The van der Waals surface area contributed by atoms with Crippen molar-refractivity contribution in [3.05, 3.63) is 59.5 Å². The van der Waals surface area contributed by atoms with Gasteiger partial charge in [0.25, 0.3) is 5.91 Å². The minimum absolute atomic E-state index is 0.0685. The van der Waals surface area contributed by atoms with Gasteiger partial charge in [-0.2, -0.15) is 5.10 Å². The van der Waals surface area contributed by atoms with E-state index in [1.807, 2.05) is 36.9 Å². The van der Waals surface area contributed by atoms with E-state index < -0.39 is 0 Å². The van der Waals surface area contributed by atoms with Gasteiger partial charge in [-0.15, -0.1) is 0 Å². The number of pyridine rings is 1. The molecule has 0 aliphatic heterocycles. The van der Waals surface area contributed by atoms with Crippen LogP contribution in [0.3, 0.4) is 0 Å². The maximum absolute atomic E-state index is 12.6. The van der Waals surface area contributed by atoms with Gasteiger partial charge in [-0.1, -0.05) is 19.0 Å². The molecule has 0 aromatic carbocycles. The second kappa shape index (κ2) is 6.74. The van der Waals surface area contributed by atoms with Gasteiger partial charge in [0, 0.05) is 35.6 Å². The van der Waals surface area contributed by atoms with Gasteiger partial charge in [-0.25, -0.2) is 4.68 Å². The van der Waals surface area contributed by atoms with Crippen LogP contribution < -0.4 is 5.32 Å². The highest BCUT2D eigenvalue weighted by Gasteiger charge is 2.27. The molecular formula is C19H21N5O2. The Labute approximate surface area is 151 Å². The lowest BCUT2D eigenvalue weighted by Gasteiger charge is -2.23. The van der Waals surface area contributed by atoms with Crippen molar-refractivity contribution in [1.29, 1.82) is 0 Å². The Bertz CT molecular complexity index is 913. The van der Waals surface area contributed by atoms with Gasteiger partial charge in [0.2, 0.25) is 0 Å². The number of nitrogens with zero attached hydrogens (tertiary/aromatic N) is 4. The Morgan fingerprint density at radius 2 is 2.15 bits per heavy atom. The molecule has 0 fully saturated rings. The summed E-state index contributed by atoms with van der Waals surface area (Å²) < 4.78 is 7.17. The van der Waals surface area contributed by atoms with Gasteiger partial charge >= 0.3 is 0 Å². The van der Waals surface area contributed by atoms with Crippen molar-refractivity contribution >= 4 is 5.91 Å². The molecule has 0 saturated carbocycles. The number of fused-ring (bicyclic) bond motifs is 1. The summed E-state index contributed by atoms with van der Waals surface area (Å²) in [6.45, 7) is 4.01. The fourth-order valence-electron chi connectivity index (χ4n) is 3.32. The van der Waals surface area contributed by atoms with E-state index in [0.717, 1.165) is 36.2 Å². The number of hydrogen-bond donors (Lipinski definition) is 1. The third kappa shape index (κ3) is 3.00. The maximum Gasteiger partial charge on any atom is 0.273 e. The van der Waals surface area contributed by atoms with E-state index in [1.54, 1.807) is 18.5 Å². The third-order valence-corrected chi connectivity index (χ3v) is 4.73. The van der Waals surface area contributed by atoms with Gasteiger partial charge in [0.05, 0.1) is 17.9 Å². The summed E-state index contributed by atoms with van der Waals surface area (Å²) >= 11 is 0. The Hall–Kier alpha value is -2.96. The highest BCUT2D eigenvalue weighted by atomic mass is 16.5. The van der Waals surface area contributed by atoms with Crippen molar-refractivity contribution in [3.63, 3.8) is 0 Å². The summed E-state index contributed by atoms with van der Waals surface area (Å²) in [6.07, 6.45) is 8.17. The minimum Gasteiger partial charge on any atom is -0.360 e. The lowest BCUT2D eigenvalue weighted by molar-refractivity contribution is 0.0923. The lowest BCUT2D eigenvalue weighted by atomic mass is 9.92. The zero-order valence-electron chi connectivity index (χ0n) is 14.8. The van der Waals surface area contributed by atoms with Crippen LogP contribution in [0.2, 0.25) is 0 Å². The fraction of sp³-hybridized carbons (Fsp3) is 0.368. The fourth-order valence-corrected chi connectivity index (χ4v) is 3.32. The molecule has 7 heteroatoms. The normalized spacial score (nSPS) is 16.5. The largest absolute Gasteiger partial charge is 0.360 e. The lowest BCUT2D eigenvalue weighted by Crippen LogP contribution is -2.31. The molecule has 1 atom stereocenters. The maximum atomic E-state index is 12.6. The Morgan fingerprint density at radius 3 is 2.88 bits per heavy atom. The first kappa shape index (κ1) is 16.5. The average molecular weight is 351 g/mol. The van der Waals surface area contributed by atoms with Gasteiger partial charge in [0.15, 0.2) is 5.69 Å². The Kier molecular flexibility index (Phi) is 4.28. The SMILES string of the molecule is CC(C)c1cc(C(=O)NC2CCCc3c2cnn3-c2ccncc2)no1. The van der Waals surface area contributed by atoms with Crippen LogP contribution in [-0.2, 0) is 6.42 Å². The third-order valence-electron chi connectivity index (χ3n) is 4.73. The summed E-state index contributed by atoms with van der Waals surface area (Å²) in [5.74, 6) is 0.698. The van der Waals surface area contributed by atoms with Crippen molar-refractivity contribution in [2.45, 2.75) is 45.1 Å². The smallest absolute Gasteiger partial charge is 0.273 e. The van der Waals surface area contributed by atoms with Crippen LogP contribution in [0.4, 0.5) is 0 Å². The molecule has 26 heavy (non-hydrogen) atoms. The molecule has 7 nitrogen and oxygen atoms in total. The van der Waals surface area contributed by atoms with Crippen molar-refractivity contribution in [2.24, 2.45) is 0 Å². The van der Waals surface area contributed by atoms with E-state index in [-0.39, 0.29) is 17.9 Å². The summed E-state index contributed by atoms with van der Waals surface area (Å²) in [4.78, 5) is 16.6. The predicted molar refractivity (Wildman–Crippen MR) is 95.1 cm³/mol. The zero-order chi connectivity index (χ0) is 18.1. The number of carbonyl (C=O) groups is 1. The molecule has 0 saturated heterocycles. The van der Waals surface area contributed by atoms with E-state index in [4.69, 9.17) is 4.52 Å². The van der Waals surface area contributed by atoms with E-state index in [1.165, 1.54) is 0 Å². The molecule has 0 radical (unpaired) electrons. The van der Waals surface area contributed by atoms with Crippen LogP contribution in [0.1, 0.15) is 66.2 Å². The first-order valence-electron chi connectivity index (χ1n) is 8.88. The molecule has 1 unspecified atom stereocenters. The number of rotatable bonds is 4. The molecule has 1 amide bonds. The van der Waals surface area contributed by atoms with Crippen LogP contribution in [0, 0.1) is 0 Å². The topological polar surface area (TPSA) is 85.8 Å². The Morgan fingerprint density at radius 1 is 1.35 bits per heavy atom. The number of carbonyl (C=O) groups excluding carboxylic acids is 1. The molecule has 0 bridgehead atoms. The van der Waals surface area contributed by atoms with Gasteiger partial charge in [0.1, 0.15) is 5.76 Å². The average Bonchev–Trinajstić information content (AvgIpc) is 3.30. The summed E-state index contributed by atoms with van der Waals surface area (Å²) in [5, 5.41) is 11.5. The van der Waals surface area contributed by atoms with Crippen LogP contribution in [0.25, 0.3) is 5.69 Å². The number of hydrogen-bond acceptors (Lipinski definition) is 5. The molecule has 134 valence electrons. The molecule has 0 spiro atoms. The van der Waals surface area contributed by atoms with Gasteiger partial charge in [-0.3, -0.25) is 9.78 Å². The minimum atomic E-state index is -0.213. The van der Waals surface area contributed by atoms with Crippen LogP contribution in [0.15, 0.2) is 41.3 Å². The number of aromatic nitrogens is 4. The van der Waals surface area contributed by atoms with Gasteiger partial charge in [-0.05, 0) is 31.4 Å². The second-order valence-corrected chi connectivity index (χ2v) is 6.85. The van der Waals surface area contributed by atoms with E-state index in [9.17, 15) is 4.79 Å². The molecule has 1 N–H and O–H groups in total. The molecule has 1 aliphatic carbocycles. The van der Waals surface area contributed by atoms with Crippen molar-refractivity contribution in [3.8, 4) is 5.69 Å². The zero-order valence-corrected chi connectivity index (χ0v) is 14.8. The van der Waals surface area contributed by atoms with Crippen molar-refractivity contribution in [1.82, 2.24) is 25.2 Å². The van der Waals surface area contributed by atoms with Crippen molar-refractivity contribution < 1.29 is 9.32 Å². The number of nitrogens with one attached hydrogen (secondary N) is 1. The first-order valence-corrected chi connectivity index (χ1v) is 8.88. The van der Waals surface area contributed by atoms with E-state index in [2.05, 4.69) is 20.6 Å². The Balaban J connectivity index is 1.56.